The molecule has 174 valence electrons. The second-order valence-electron chi connectivity index (χ2n) is 9.03. The van der Waals surface area contributed by atoms with Crippen LogP contribution in [0.3, 0.4) is 0 Å². The zero-order chi connectivity index (χ0) is 23.0. The Morgan fingerprint density at radius 2 is 1.56 bits per heavy atom. The number of ether oxygens (including phenoxy) is 1. The maximum Gasteiger partial charge on any atom is 0.573 e. The third-order valence-electron chi connectivity index (χ3n) is 7.14. The summed E-state index contributed by atoms with van der Waals surface area (Å²) in [6.07, 6.45) is 0.612. The van der Waals surface area contributed by atoms with E-state index < -0.39 is 35.5 Å². The van der Waals surface area contributed by atoms with E-state index in [1.165, 1.54) is 18.2 Å². The lowest BCUT2D eigenvalue weighted by Crippen LogP contribution is -2.21. The number of hydrogen-bond donors (Lipinski definition) is 0. The lowest BCUT2D eigenvalue weighted by Gasteiger charge is -2.29. The molecule has 32 heavy (non-hydrogen) atoms. The summed E-state index contributed by atoms with van der Waals surface area (Å²) >= 11 is 0. The molecule has 1 unspecified atom stereocenters. The largest absolute Gasteiger partial charge is 0.573 e. The normalized spacial score (nSPS) is 23.7. The molecule has 1 atom stereocenters. The molecule has 0 bridgehead atoms. The first-order valence-electron chi connectivity index (χ1n) is 11.2. The van der Waals surface area contributed by atoms with Crippen LogP contribution in [-0.4, -0.2) is 6.36 Å². The molecule has 1 nitrogen and oxygen atoms in total. The first-order chi connectivity index (χ1) is 15.2. The highest BCUT2D eigenvalue weighted by atomic mass is 19.4. The first-order valence-corrected chi connectivity index (χ1v) is 11.2. The van der Waals surface area contributed by atoms with Gasteiger partial charge in [0, 0.05) is 5.56 Å². The molecule has 0 aromatic heterocycles. The average Bonchev–Trinajstić information content (AvgIpc) is 2.74. The van der Waals surface area contributed by atoms with Gasteiger partial charge in [-0.1, -0.05) is 19.4 Å². The third-order valence-corrected chi connectivity index (χ3v) is 7.14. The van der Waals surface area contributed by atoms with Crippen LogP contribution in [0.1, 0.15) is 79.5 Å². The van der Waals surface area contributed by atoms with Crippen LogP contribution in [0.5, 0.6) is 5.75 Å². The van der Waals surface area contributed by atoms with Crippen LogP contribution in [0, 0.1) is 23.4 Å². The van der Waals surface area contributed by atoms with Gasteiger partial charge >= 0.3 is 6.36 Å². The van der Waals surface area contributed by atoms with E-state index in [1.807, 2.05) is 0 Å². The van der Waals surface area contributed by atoms with Crippen molar-refractivity contribution in [1.29, 1.82) is 0 Å². The van der Waals surface area contributed by atoms with E-state index in [0.29, 0.717) is 17.0 Å². The van der Waals surface area contributed by atoms with Crippen molar-refractivity contribution in [3.05, 3.63) is 64.0 Å². The zero-order valence-electron chi connectivity index (χ0n) is 17.9. The molecule has 2 aromatic carbocycles. The lowest BCUT2D eigenvalue weighted by atomic mass is 9.76. The van der Waals surface area contributed by atoms with Gasteiger partial charge in [0.05, 0.1) is 0 Å². The van der Waals surface area contributed by atoms with E-state index in [1.54, 1.807) is 0 Å². The van der Waals surface area contributed by atoms with Crippen LogP contribution in [0.2, 0.25) is 0 Å². The van der Waals surface area contributed by atoms with E-state index in [4.69, 9.17) is 0 Å². The molecular weight excluding hydrogens is 430 g/mol. The Hall–Kier alpha value is -2.18. The standard InChI is InChI=1S/C25H26F6O/c1-2-14-3-5-15(6-4-14)18-12-20(26)23(21(27)13-18)17-7-9-19-16(11-17)8-10-22(24(19)28)32-25(29,30)31/h8,10,12-15,17H,2-7,9,11H2,1H3. The Bertz CT molecular complexity index is 952. The van der Waals surface area contributed by atoms with Gasteiger partial charge in [-0.15, -0.1) is 13.2 Å². The predicted molar refractivity (Wildman–Crippen MR) is 109 cm³/mol. The van der Waals surface area contributed by atoms with Gasteiger partial charge in [0.15, 0.2) is 11.6 Å². The molecule has 4 rings (SSSR count). The van der Waals surface area contributed by atoms with Crippen LogP contribution < -0.4 is 4.74 Å². The molecular formula is C25H26F6O. The fourth-order valence-corrected chi connectivity index (χ4v) is 5.37. The molecule has 2 aliphatic rings. The number of alkyl halides is 3. The number of hydrogen-bond acceptors (Lipinski definition) is 1. The minimum Gasteiger partial charge on any atom is -0.403 e. The number of halogens is 6. The summed E-state index contributed by atoms with van der Waals surface area (Å²) in [7, 11) is 0. The second-order valence-corrected chi connectivity index (χ2v) is 9.03. The van der Waals surface area contributed by atoms with Crippen molar-refractivity contribution < 1.29 is 31.1 Å². The second kappa shape index (κ2) is 8.99. The monoisotopic (exact) mass is 456 g/mol. The van der Waals surface area contributed by atoms with Gasteiger partial charge in [-0.2, -0.15) is 0 Å². The zero-order valence-corrected chi connectivity index (χ0v) is 17.9. The maximum atomic E-state index is 15.0. The lowest BCUT2D eigenvalue weighted by molar-refractivity contribution is -0.275. The van der Waals surface area contributed by atoms with Crippen molar-refractivity contribution in [3.8, 4) is 5.75 Å². The summed E-state index contributed by atoms with van der Waals surface area (Å²) in [5.74, 6) is -2.78. The third kappa shape index (κ3) is 4.76. The summed E-state index contributed by atoms with van der Waals surface area (Å²) in [5, 5.41) is 0. The molecule has 1 fully saturated rings. The topological polar surface area (TPSA) is 9.23 Å². The fourth-order valence-electron chi connectivity index (χ4n) is 5.37. The summed E-state index contributed by atoms with van der Waals surface area (Å²) < 4.78 is 85.7. The fraction of sp³-hybridized carbons (Fsp3) is 0.520. The van der Waals surface area contributed by atoms with E-state index >= 15 is 8.78 Å². The minimum atomic E-state index is -4.99. The Balaban J connectivity index is 1.54. The van der Waals surface area contributed by atoms with Crippen LogP contribution in [0.15, 0.2) is 24.3 Å². The molecule has 0 spiro atoms. The summed E-state index contributed by atoms with van der Waals surface area (Å²) in [6.45, 7) is 2.16. The molecule has 1 saturated carbocycles. The highest BCUT2D eigenvalue weighted by molar-refractivity contribution is 5.42. The Kier molecular flexibility index (Phi) is 6.46. The molecule has 0 heterocycles. The van der Waals surface area contributed by atoms with E-state index in [0.717, 1.165) is 38.2 Å². The van der Waals surface area contributed by atoms with Crippen LogP contribution in [0.4, 0.5) is 26.3 Å². The van der Waals surface area contributed by atoms with Gasteiger partial charge in [0.1, 0.15) is 11.6 Å². The van der Waals surface area contributed by atoms with Gasteiger partial charge in [0.25, 0.3) is 0 Å². The van der Waals surface area contributed by atoms with Gasteiger partial charge in [-0.05, 0) is 97.6 Å². The molecule has 0 radical (unpaired) electrons. The van der Waals surface area contributed by atoms with Gasteiger partial charge < -0.3 is 4.74 Å². The Morgan fingerprint density at radius 1 is 0.906 bits per heavy atom. The van der Waals surface area contributed by atoms with Crippen molar-refractivity contribution in [2.75, 3.05) is 0 Å². The van der Waals surface area contributed by atoms with Crippen molar-refractivity contribution in [1.82, 2.24) is 0 Å². The van der Waals surface area contributed by atoms with Gasteiger partial charge in [0.2, 0.25) is 0 Å². The summed E-state index contributed by atoms with van der Waals surface area (Å²) in [4.78, 5) is 0. The van der Waals surface area contributed by atoms with Crippen molar-refractivity contribution >= 4 is 0 Å². The molecule has 0 amide bonds. The van der Waals surface area contributed by atoms with Crippen molar-refractivity contribution in [2.24, 2.45) is 5.92 Å². The van der Waals surface area contributed by atoms with Crippen molar-refractivity contribution in [2.45, 2.75) is 76.5 Å². The smallest absolute Gasteiger partial charge is 0.403 e. The average molecular weight is 456 g/mol. The van der Waals surface area contributed by atoms with Crippen LogP contribution >= 0.6 is 0 Å². The number of rotatable bonds is 4. The Morgan fingerprint density at radius 3 is 2.16 bits per heavy atom. The van der Waals surface area contributed by atoms with Gasteiger partial charge in [-0.3, -0.25) is 0 Å². The molecule has 0 aliphatic heterocycles. The first kappa shape index (κ1) is 23.0. The van der Waals surface area contributed by atoms with Gasteiger partial charge in [-0.25, -0.2) is 13.2 Å². The predicted octanol–water partition coefficient (Wildman–Crippen LogP) is 7.96. The maximum absolute atomic E-state index is 15.0. The summed E-state index contributed by atoms with van der Waals surface area (Å²) in [6, 6.07) is 5.14. The molecule has 0 saturated heterocycles. The number of benzene rings is 2. The van der Waals surface area contributed by atoms with E-state index in [2.05, 4.69) is 11.7 Å². The van der Waals surface area contributed by atoms with E-state index in [-0.39, 0.29) is 36.3 Å². The molecule has 7 heteroatoms. The quantitative estimate of drug-likeness (QED) is 0.424. The van der Waals surface area contributed by atoms with Crippen molar-refractivity contribution in [3.63, 3.8) is 0 Å². The Labute approximate surface area is 183 Å². The van der Waals surface area contributed by atoms with Crippen LogP contribution in [-0.2, 0) is 12.8 Å². The number of fused-ring (bicyclic) bond motifs is 1. The molecule has 2 aromatic rings. The summed E-state index contributed by atoms with van der Waals surface area (Å²) in [5.41, 5.74) is 1.24. The molecule has 0 N–H and O–H groups in total. The van der Waals surface area contributed by atoms with Crippen LogP contribution in [0.25, 0.3) is 0 Å². The highest BCUT2D eigenvalue weighted by Crippen LogP contribution is 2.42. The minimum absolute atomic E-state index is 0.0160. The molecule has 2 aliphatic carbocycles. The SMILES string of the molecule is CCC1CCC(c2cc(F)c(C3CCc4c(ccc(OC(F)(F)F)c4F)C3)c(F)c2)CC1. The van der Waals surface area contributed by atoms with E-state index in [9.17, 15) is 17.6 Å². The highest BCUT2D eigenvalue weighted by Gasteiger charge is 2.35.